The number of nitriles is 1. The molecule has 0 fully saturated rings. The van der Waals surface area contributed by atoms with Crippen LogP contribution in [0.4, 0.5) is 10.1 Å². The minimum absolute atomic E-state index is 0.0635. The average Bonchev–Trinajstić information content (AvgIpc) is 2.38. The Balaban J connectivity index is 2.30. The second-order valence-electron chi connectivity index (χ2n) is 4.33. The first-order valence-electron chi connectivity index (χ1n) is 5.92. The maximum Gasteiger partial charge on any atom is 0.124 e. The molecule has 5 heteroatoms. The molecule has 0 amide bonds. The molecular weight excluding hydrogens is 387 g/mol. The molecule has 0 bridgehead atoms. The van der Waals surface area contributed by atoms with Crippen molar-refractivity contribution >= 4 is 37.5 Å². The molecule has 0 aliphatic rings. The van der Waals surface area contributed by atoms with Crippen LogP contribution in [0.25, 0.3) is 0 Å². The smallest absolute Gasteiger partial charge is 0.124 e. The van der Waals surface area contributed by atoms with Crippen molar-refractivity contribution in [3.05, 3.63) is 62.3 Å². The van der Waals surface area contributed by atoms with Crippen LogP contribution < -0.4 is 5.32 Å². The molecule has 0 heterocycles. The van der Waals surface area contributed by atoms with Gasteiger partial charge in [-0.1, -0.05) is 37.9 Å². The Labute approximate surface area is 133 Å². The fourth-order valence-electron chi connectivity index (χ4n) is 1.90. The monoisotopic (exact) mass is 396 g/mol. The van der Waals surface area contributed by atoms with Gasteiger partial charge in [0, 0.05) is 15.0 Å². The minimum atomic E-state index is -0.284. The number of anilines is 1. The first kappa shape index (κ1) is 15.0. The summed E-state index contributed by atoms with van der Waals surface area (Å²) in [6.45, 7) is 1.96. The predicted molar refractivity (Wildman–Crippen MR) is 85.0 cm³/mol. The highest BCUT2D eigenvalue weighted by Crippen LogP contribution is 2.29. The number of hydrogen-bond donors (Lipinski definition) is 1. The van der Waals surface area contributed by atoms with E-state index in [1.54, 1.807) is 12.1 Å². The fraction of sp³-hybridized carbons (Fsp3) is 0.133. The van der Waals surface area contributed by atoms with Crippen molar-refractivity contribution in [3.8, 4) is 6.07 Å². The zero-order valence-electron chi connectivity index (χ0n) is 10.6. The molecule has 1 N–H and O–H groups in total. The summed E-state index contributed by atoms with van der Waals surface area (Å²) in [6, 6.07) is 12.1. The molecule has 0 spiro atoms. The van der Waals surface area contributed by atoms with Gasteiger partial charge in [0.25, 0.3) is 0 Å². The topological polar surface area (TPSA) is 35.8 Å². The van der Waals surface area contributed by atoms with Crippen LogP contribution in [0.2, 0.25) is 0 Å². The lowest BCUT2D eigenvalue weighted by Gasteiger charge is -2.18. The van der Waals surface area contributed by atoms with E-state index in [1.165, 1.54) is 12.1 Å². The Kier molecular flexibility index (Phi) is 4.79. The molecule has 20 heavy (non-hydrogen) atoms. The lowest BCUT2D eigenvalue weighted by molar-refractivity contribution is 0.625. The standard InChI is InChI=1S/C15H11Br2FN2/c1-9(13-5-4-12(18)7-14(13)17)20-15-6-11(16)3-2-10(15)8-19/h2-7,9,20H,1H3. The van der Waals surface area contributed by atoms with Crippen molar-refractivity contribution in [1.82, 2.24) is 0 Å². The Morgan fingerprint density at radius 3 is 2.60 bits per heavy atom. The Bertz CT molecular complexity index is 680. The van der Waals surface area contributed by atoms with E-state index < -0.39 is 0 Å². The summed E-state index contributed by atoms with van der Waals surface area (Å²) >= 11 is 6.74. The normalized spacial score (nSPS) is 11.8. The van der Waals surface area contributed by atoms with Gasteiger partial charge in [0.05, 0.1) is 11.3 Å². The summed E-state index contributed by atoms with van der Waals surface area (Å²) in [5.74, 6) is -0.284. The van der Waals surface area contributed by atoms with Crippen LogP contribution in [0.15, 0.2) is 45.3 Å². The highest BCUT2D eigenvalue weighted by atomic mass is 79.9. The maximum atomic E-state index is 13.1. The molecule has 0 saturated carbocycles. The molecule has 2 nitrogen and oxygen atoms in total. The summed E-state index contributed by atoms with van der Waals surface area (Å²) in [6.07, 6.45) is 0. The SMILES string of the molecule is CC(Nc1cc(Br)ccc1C#N)c1ccc(F)cc1Br. The van der Waals surface area contributed by atoms with Crippen molar-refractivity contribution in [3.63, 3.8) is 0 Å². The van der Waals surface area contributed by atoms with Gasteiger partial charge in [-0.05, 0) is 42.8 Å². The molecular formula is C15H11Br2FN2. The molecule has 102 valence electrons. The number of nitrogens with one attached hydrogen (secondary N) is 1. The lowest BCUT2D eigenvalue weighted by atomic mass is 10.1. The lowest BCUT2D eigenvalue weighted by Crippen LogP contribution is -2.08. The molecule has 1 unspecified atom stereocenters. The van der Waals surface area contributed by atoms with Gasteiger partial charge in [-0.3, -0.25) is 0 Å². The van der Waals surface area contributed by atoms with E-state index in [0.717, 1.165) is 15.7 Å². The van der Waals surface area contributed by atoms with E-state index in [9.17, 15) is 4.39 Å². The average molecular weight is 398 g/mol. The van der Waals surface area contributed by atoms with Gasteiger partial charge in [0.2, 0.25) is 0 Å². The molecule has 2 rings (SSSR count). The zero-order valence-corrected chi connectivity index (χ0v) is 13.8. The number of hydrogen-bond acceptors (Lipinski definition) is 2. The third-order valence-electron chi connectivity index (χ3n) is 2.90. The Hall–Kier alpha value is -1.38. The molecule has 0 aromatic heterocycles. The van der Waals surface area contributed by atoms with Gasteiger partial charge in [-0.25, -0.2) is 4.39 Å². The van der Waals surface area contributed by atoms with Gasteiger partial charge in [0.1, 0.15) is 11.9 Å². The number of nitrogens with zero attached hydrogens (tertiary/aromatic N) is 1. The van der Waals surface area contributed by atoms with Crippen molar-refractivity contribution in [1.29, 1.82) is 5.26 Å². The summed E-state index contributed by atoms with van der Waals surface area (Å²) < 4.78 is 14.7. The second-order valence-corrected chi connectivity index (χ2v) is 6.10. The summed E-state index contributed by atoms with van der Waals surface area (Å²) in [4.78, 5) is 0. The number of benzene rings is 2. The van der Waals surface area contributed by atoms with Gasteiger partial charge >= 0.3 is 0 Å². The summed E-state index contributed by atoms with van der Waals surface area (Å²) in [7, 11) is 0. The first-order valence-corrected chi connectivity index (χ1v) is 7.51. The first-order chi connectivity index (χ1) is 9.51. The van der Waals surface area contributed by atoms with Gasteiger partial charge in [-0.15, -0.1) is 0 Å². The predicted octanol–water partition coefficient (Wildman–Crippen LogP) is 5.40. The highest BCUT2D eigenvalue weighted by Gasteiger charge is 2.12. The van der Waals surface area contributed by atoms with Crippen LogP contribution >= 0.6 is 31.9 Å². The third-order valence-corrected chi connectivity index (χ3v) is 4.08. The highest BCUT2D eigenvalue weighted by molar-refractivity contribution is 9.10. The van der Waals surface area contributed by atoms with Gasteiger partial charge in [0.15, 0.2) is 0 Å². The molecule has 0 saturated heterocycles. The van der Waals surface area contributed by atoms with Crippen LogP contribution in [0.1, 0.15) is 24.1 Å². The van der Waals surface area contributed by atoms with Crippen LogP contribution in [-0.4, -0.2) is 0 Å². The number of rotatable bonds is 3. The molecule has 0 aliphatic heterocycles. The van der Waals surface area contributed by atoms with Gasteiger partial charge in [-0.2, -0.15) is 5.26 Å². The molecule has 0 aliphatic carbocycles. The third kappa shape index (κ3) is 3.38. The molecule has 0 radical (unpaired) electrons. The van der Waals surface area contributed by atoms with E-state index in [1.807, 2.05) is 19.1 Å². The van der Waals surface area contributed by atoms with E-state index >= 15 is 0 Å². The molecule has 1 atom stereocenters. The van der Waals surface area contributed by atoms with E-state index in [2.05, 4.69) is 43.2 Å². The Morgan fingerprint density at radius 1 is 1.20 bits per heavy atom. The maximum absolute atomic E-state index is 13.1. The molecule has 2 aromatic carbocycles. The van der Waals surface area contributed by atoms with Crippen molar-refractivity contribution in [2.45, 2.75) is 13.0 Å². The van der Waals surface area contributed by atoms with Crippen LogP contribution in [0, 0.1) is 17.1 Å². The van der Waals surface area contributed by atoms with Crippen molar-refractivity contribution in [2.24, 2.45) is 0 Å². The Morgan fingerprint density at radius 2 is 1.95 bits per heavy atom. The minimum Gasteiger partial charge on any atom is -0.377 e. The number of halogens is 3. The largest absolute Gasteiger partial charge is 0.377 e. The van der Waals surface area contributed by atoms with Crippen molar-refractivity contribution < 1.29 is 4.39 Å². The van der Waals surface area contributed by atoms with Gasteiger partial charge < -0.3 is 5.32 Å². The summed E-state index contributed by atoms with van der Waals surface area (Å²) in [5.41, 5.74) is 2.24. The van der Waals surface area contributed by atoms with Crippen LogP contribution in [0.3, 0.4) is 0 Å². The van der Waals surface area contributed by atoms with E-state index in [-0.39, 0.29) is 11.9 Å². The quantitative estimate of drug-likeness (QED) is 0.752. The van der Waals surface area contributed by atoms with E-state index in [0.29, 0.717) is 10.0 Å². The molecule has 2 aromatic rings. The fourth-order valence-corrected chi connectivity index (χ4v) is 2.95. The summed E-state index contributed by atoms with van der Waals surface area (Å²) in [5, 5.41) is 12.4. The second kappa shape index (κ2) is 6.38. The zero-order chi connectivity index (χ0) is 14.7. The van der Waals surface area contributed by atoms with Crippen molar-refractivity contribution in [2.75, 3.05) is 5.32 Å². The van der Waals surface area contributed by atoms with E-state index in [4.69, 9.17) is 5.26 Å². The van der Waals surface area contributed by atoms with Crippen LogP contribution in [-0.2, 0) is 0 Å². The van der Waals surface area contributed by atoms with Crippen LogP contribution in [0.5, 0.6) is 0 Å².